The molecule has 0 atom stereocenters. The minimum Gasteiger partial charge on any atom is -0.116 e. The Hall–Kier alpha value is 0.790. The van der Waals surface area contributed by atoms with E-state index in [1.165, 1.54) is 0 Å². The van der Waals surface area contributed by atoms with E-state index in [0.29, 0.717) is 9.45 Å². The van der Waals surface area contributed by atoms with Gasteiger partial charge in [0.15, 0.2) is 0 Å². The molecule has 0 aromatic heterocycles. The fourth-order valence-electron chi connectivity index (χ4n) is 0.701. The molecule has 0 radical (unpaired) electrons. The lowest BCUT2D eigenvalue weighted by Crippen LogP contribution is -2.14. The molecule has 0 unspecified atom stereocenters. The van der Waals surface area contributed by atoms with E-state index in [-0.39, 0.29) is 0 Å². The highest BCUT2D eigenvalue weighted by Gasteiger charge is 2.03. The average molecular weight is 182 g/mol. The van der Waals surface area contributed by atoms with E-state index in [1.807, 2.05) is 0 Å². The first-order chi connectivity index (χ1) is 4.09. The van der Waals surface area contributed by atoms with Crippen molar-refractivity contribution >= 4 is 29.5 Å². The van der Waals surface area contributed by atoms with Gasteiger partial charge in [-0.1, -0.05) is 27.7 Å². The van der Waals surface area contributed by atoms with Crippen molar-refractivity contribution in [3.8, 4) is 0 Å². The third kappa shape index (κ3) is 3.48. The molecule has 0 fully saturated rings. The molecule has 0 saturated carbocycles. The third-order valence-electron chi connectivity index (χ3n) is 1.01. The van der Waals surface area contributed by atoms with Gasteiger partial charge in [-0.15, -0.1) is 9.45 Å². The Balaban J connectivity index is 4.19. The predicted molar refractivity (Wildman–Crippen MR) is 52.4 cm³/mol. The summed E-state index contributed by atoms with van der Waals surface area (Å²) >= 11 is 4.95. The van der Waals surface area contributed by atoms with Gasteiger partial charge in [0.2, 0.25) is 0 Å². The molecule has 0 saturated heterocycles. The van der Waals surface area contributed by atoms with E-state index >= 15 is 0 Å². The summed E-state index contributed by atoms with van der Waals surface area (Å²) in [5.74, 6) is 0. The highest BCUT2D eigenvalue weighted by Crippen LogP contribution is 2.02. The van der Waals surface area contributed by atoms with Crippen LogP contribution >= 0.6 is 0 Å². The fourth-order valence-corrected chi connectivity index (χ4v) is 5.88. The SMILES string of the molecule is CC(C)S(=S=S)C(C)C. The Morgan fingerprint density at radius 1 is 1.11 bits per heavy atom. The molecule has 9 heavy (non-hydrogen) atoms. The minimum absolute atomic E-state index is 0.397. The fraction of sp³-hybridized carbons (Fsp3) is 1.00. The maximum Gasteiger partial charge on any atom is 0.00394 e. The Morgan fingerprint density at radius 3 is 1.44 bits per heavy atom. The van der Waals surface area contributed by atoms with Gasteiger partial charge in [-0.05, 0) is 20.1 Å². The van der Waals surface area contributed by atoms with Gasteiger partial charge in [0.1, 0.15) is 0 Å². The summed E-state index contributed by atoms with van der Waals surface area (Å²) in [4.78, 5) is 0. The molecule has 0 aromatic carbocycles. The maximum absolute atomic E-state index is 4.95. The zero-order chi connectivity index (χ0) is 7.44. The largest absolute Gasteiger partial charge is 0.116 e. The Morgan fingerprint density at radius 2 is 1.44 bits per heavy atom. The first-order valence-corrected chi connectivity index (χ1v) is 6.72. The molecular weight excluding hydrogens is 168 g/mol. The molecular formula is C6H14S3. The molecule has 3 heteroatoms. The van der Waals surface area contributed by atoms with Gasteiger partial charge < -0.3 is 0 Å². The molecule has 0 aliphatic carbocycles. The van der Waals surface area contributed by atoms with Crippen molar-refractivity contribution in [1.82, 2.24) is 0 Å². The molecule has 0 heterocycles. The van der Waals surface area contributed by atoms with Crippen LogP contribution in [0.15, 0.2) is 0 Å². The minimum atomic E-state index is 0.397. The van der Waals surface area contributed by atoms with E-state index < -0.39 is 0 Å². The van der Waals surface area contributed by atoms with E-state index in [2.05, 4.69) is 27.7 Å². The summed E-state index contributed by atoms with van der Waals surface area (Å²) in [5.41, 5.74) is 0. The lowest BCUT2D eigenvalue weighted by Gasteiger charge is -2.12. The highest BCUT2D eigenvalue weighted by molar-refractivity contribution is 8.48. The molecule has 0 spiro atoms. The molecule has 0 aromatic rings. The lowest BCUT2D eigenvalue weighted by atomic mass is 10.6. The number of hydrogen-bond donors (Lipinski definition) is 0. The quantitative estimate of drug-likeness (QED) is 0.628. The van der Waals surface area contributed by atoms with Crippen molar-refractivity contribution < 1.29 is 0 Å². The molecule has 0 N–H and O–H groups in total. The smallest absolute Gasteiger partial charge is 0.00394 e. The summed E-state index contributed by atoms with van der Waals surface area (Å²) < 4.78 is 0. The number of rotatable bonds is 2. The van der Waals surface area contributed by atoms with Crippen molar-refractivity contribution in [3.05, 3.63) is 0 Å². The molecule has 0 bridgehead atoms. The first kappa shape index (κ1) is 9.79. The first-order valence-electron chi connectivity index (χ1n) is 3.11. The van der Waals surface area contributed by atoms with E-state index in [0.717, 1.165) is 10.5 Å². The van der Waals surface area contributed by atoms with Crippen LogP contribution in [-0.2, 0) is 29.5 Å². The van der Waals surface area contributed by atoms with Crippen LogP contribution in [0.5, 0.6) is 0 Å². The van der Waals surface area contributed by atoms with Gasteiger partial charge in [0.05, 0.1) is 0 Å². The third-order valence-corrected chi connectivity index (χ3v) is 7.22. The van der Waals surface area contributed by atoms with Crippen LogP contribution in [0, 0.1) is 0 Å². The molecule has 0 aliphatic heterocycles. The summed E-state index contributed by atoms with van der Waals surface area (Å²) in [6.45, 7) is 8.95. The van der Waals surface area contributed by atoms with Crippen LogP contribution < -0.4 is 0 Å². The second-order valence-corrected chi connectivity index (χ2v) is 7.96. The molecule has 0 nitrogen and oxygen atoms in total. The van der Waals surface area contributed by atoms with Crippen molar-refractivity contribution in [2.24, 2.45) is 0 Å². The zero-order valence-electron chi connectivity index (χ0n) is 6.38. The van der Waals surface area contributed by atoms with Crippen LogP contribution in [0.3, 0.4) is 0 Å². The maximum atomic E-state index is 4.95. The summed E-state index contributed by atoms with van der Waals surface area (Å²) in [6.07, 6.45) is 0. The van der Waals surface area contributed by atoms with Crippen molar-refractivity contribution in [1.29, 1.82) is 0 Å². The van der Waals surface area contributed by atoms with Gasteiger partial charge >= 0.3 is 0 Å². The molecule has 56 valence electrons. The van der Waals surface area contributed by atoms with Gasteiger partial charge in [0, 0.05) is 10.5 Å². The van der Waals surface area contributed by atoms with Crippen molar-refractivity contribution in [2.75, 3.05) is 0 Å². The van der Waals surface area contributed by atoms with Crippen LogP contribution in [0.4, 0.5) is 0 Å². The molecule has 0 rings (SSSR count). The topological polar surface area (TPSA) is 0 Å². The van der Waals surface area contributed by atoms with E-state index in [4.69, 9.17) is 11.2 Å². The van der Waals surface area contributed by atoms with Gasteiger partial charge in [-0.3, -0.25) is 0 Å². The second kappa shape index (κ2) is 4.58. The predicted octanol–water partition coefficient (Wildman–Crippen LogP) is 1.88. The summed E-state index contributed by atoms with van der Waals surface area (Å²) in [6, 6.07) is 0. The molecule has 0 aliphatic rings. The summed E-state index contributed by atoms with van der Waals surface area (Å²) in [7, 11) is 1.99. The average Bonchev–Trinajstić information content (AvgIpc) is 1.64. The normalized spacial score (nSPS) is 11.4. The van der Waals surface area contributed by atoms with Gasteiger partial charge in [-0.25, -0.2) is 0 Å². The van der Waals surface area contributed by atoms with Crippen LogP contribution in [-0.4, -0.2) is 10.5 Å². The zero-order valence-corrected chi connectivity index (χ0v) is 8.83. The second-order valence-electron chi connectivity index (χ2n) is 2.49. The monoisotopic (exact) mass is 182 g/mol. The Labute approximate surface area is 67.8 Å². The van der Waals surface area contributed by atoms with Crippen LogP contribution in [0.1, 0.15) is 27.7 Å². The highest BCUT2D eigenvalue weighted by atomic mass is 33.1. The Kier molecular flexibility index (Phi) is 4.98. The van der Waals surface area contributed by atoms with Crippen LogP contribution in [0.2, 0.25) is 0 Å². The molecule has 0 amide bonds. The number of hydrogen-bond acceptors (Lipinski definition) is 1. The van der Waals surface area contributed by atoms with E-state index in [1.54, 1.807) is 8.88 Å². The van der Waals surface area contributed by atoms with Crippen molar-refractivity contribution in [2.45, 2.75) is 38.2 Å². The van der Waals surface area contributed by atoms with Crippen LogP contribution in [0.25, 0.3) is 0 Å². The summed E-state index contributed by atoms with van der Waals surface area (Å²) in [5, 5.41) is 1.49. The standard InChI is InChI=1S/C6H14S3/c1-5(2)9(8-7)6(3)4/h5-6H,1-4H3. The van der Waals surface area contributed by atoms with Crippen molar-refractivity contribution in [3.63, 3.8) is 0 Å². The van der Waals surface area contributed by atoms with E-state index in [9.17, 15) is 0 Å². The lowest BCUT2D eigenvalue weighted by molar-refractivity contribution is 1.04. The van der Waals surface area contributed by atoms with Gasteiger partial charge in [-0.2, -0.15) is 0 Å². The Bertz CT molecular complexity index is 121. The van der Waals surface area contributed by atoms with Gasteiger partial charge in [0.25, 0.3) is 0 Å².